The minimum Gasteiger partial charge on any atom is -0.508 e. The summed E-state index contributed by atoms with van der Waals surface area (Å²) in [5.74, 6) is 0.626. The lowest BCUT2D eigenvalue weighted by Gasteiger charge is -2.15. The molecule has 0 aromatic heterocycles. The van der Waals surface area contributed by atoms with E-state index in [0.29, 0.717) is 11.7 Å². The lowest BCUT2D eigenvalue weighted by atomic mass is 9.89. The first kappa shape index (κ1) is 11.8. The summed E-state index contributed by atoms with van der Waals surface area (Å²) in [6.45, 7) is 2.20. The number of hydrogen-bond donors (Lipinski definition) is 1. The molecule has 0 saturated heterocycles. The standard InChI is InChI=1S/C18H16O/c1-13(14-9-11-16(19)12-10-14)17-8-4-6-15-5-2-3-7-18(15)17/h2-13,19H,1H3. The number of rotatable bonds is 2. The molecule has 0 heterocycles. The van der Waals surface area contributed by atoms with Crippen molar-refractivity contribution < 1.29 is 5.11 Å². The second-order valence-electron chi connectivity index (χ2n) is 4.88. The third kappa shape index (κ3) is 2.19. The molecule has 0 amide bonds. The van der Waals surface area contributed by atoms with Gasteiger partial charge in [-0.25, -0.2) is 0 Å². The summed E-state index contributed by atoms with van der Waals surface area (Å²) in [5, 5.41) is 11.9. The highest BCUT2D eigenvalue weighted by molar-refractivity contribution is 5.86. The summed E-state index contributed by atoms with van der Waals surface area (Å²) in [7, 11) is 0. The van der Waals surface area contributed by atoms with Crippen LogP contribution in [0.5, 0.6) is 5.75 Å². The van der Waals surface area contributed by atoms with Crippen molar-refractivity contribution in [3.63, 3.8) is 0 Å². The van der Waals surface area contributed by atoms with E-state index >= 15 is 0 Å². The average Bonchev–Trinajstić information content (AvgIpc) is 2.47. The Labute approximate surface area is 113 Å². The Morgan fingerprint density at radius 3 is 2.26 bits per heavy atom. The first-order valence-corrected chi connectivity index (χ1v) is 6.52. The number of fused-ring (bicyclic) bond motifs is 1. The summed E-state index contributed by atoms with van der Waals surface area (Å²) in [6.07, 6.45) is 0. The van der Waals surface area contributed by atoms with Gasteiger partial charge in [-0.1, -0.05) is 61.5 Å². The molecule has 0 saturated carbocycles. The van der Waals surface area contributed by atoms with E-state index in [2.05, 4.69) is 49.4 Å². The average molecular weight is 248 g/mol. The van der Waals surface area contributed by atoms with E-state index in [9.17, 15) is 5.11 Å². The van der Waals surface area contributed by atoms with Gasteiger partial charge in [0.2, 0.25) is 0 Å². The van der Waals surface area contributed by atoms with Gasteiger partial charge in [-0.05, 0) is 34.0 Å². The van der Waals surface area contributed by atoms with Gasteiger partial charge in [0.05, 0.1) is 0 Å². The molecule has 0 spiro atoms. The van der Waals surface area contributed by atoms with Gasteiger partial charge in [0.25, 0.3) is 0 Å². The number of benzene rings is 3. The van der Waals surface area contributed by atoms with Gasteiger partial charge in [-0.2, -0.15) is 0 Å². The van der Waals surface area contributed by atoms with Crippen molar-refractivity contribution in [3.8, 4) is 5.75 Å². The fraction of sp³-hybridized carbons (Fsp3) is 0.111. The van der Waals surface area contributed by atoms with Gasteiger partial charge in [0.1, 0.15) is 5.75 Å². The summed E-state index contributed by atoms with van der Waals surface area (Å²) in [6, 6.07) is 22.4. The number of phenols is 1. The number of phenolic OH excluding ortho intramolecular Hbond substituents is 1. The molecule has 1 nitrogen and oxygen atoms in total. The zero-order valence-electron chi connectivity index (χ0n) is 10.9. The van der Waals surface area contributed by atoms with Gasteiger partial charge in [0, 0.05) is 5.92 Å². The Bertz CT molecular complexity index is 693. The summed E-state index contributed by atoms with van der Waals surface area (Å²) in [4.78, 5) is 0. The fourth-order valence-corrected chi connectivity index (χ4v) is 2.57. The van der Waals surface area contributed by atoms with Crippen LogP contribution in [0.25, 0.3) is 10.8 Å². The van der Waals surface area contributed by atoms with Crippen molar-refractivity contribution in [2.75, 3.05) is 0 Å². The molecular weight excluding hydrogens is 232 g/mol. The minimum absolute atomic E-state index is 0.312. The molecule has 19 heavy (non-hydrogen) atoms. The van der Waals surface area contributed by atoms with Crippen LogP contribution in [0.2, 0.25) is 0 Å². The van der Waals surface area contributed by atoms with Crippen molar-refractivity contribution in [2.24, 2.45) is 0 Å². The molecule has 0 bridgehead atoms. The third-order valence-corrected chi connectivity index (χ3v) is 3.68. The molecule has 94 valence electrons. The lowest BCUT2D eigenvalue weighted by Crippen LogP contribution is -1.96. The lowest BCUT2D eigenvalue weighted by molar-refractivity contribution is 0.475. The van der Waals surface area contributed by atoms with Gasteiger partial charge < -0.3 is 5.11 Å². The normalized spacial score (nSPS) is 12.5. The smallest absolute Gasteiger partial charge is 0.115 e. The Hall–Kier alpha value is -2.28. The van der Waals surface area contributed by atoms with E-state index < -0.39 is 0 Å². The van der Waals surface area contributed by atoms with Crippen LogP contribution in [0.4, 0.5) is 0 Å². The van der Waals surface area contributed by atoms with Crippen molar-refractivity contribution in [3.05, 3.63) is 77.9 Å². The van der Waals surface area contributed by atoms with Crippen molar-refractivity contribution in [2.45, 2.75) is 12.8 Å². The van der Waals surface area contributed by atoms with Crippen LogP contribution >= 0.6 is 0 Å². The number of hydrogen-bond acceptors (Lipinski definition) is 1. The molecule has 3 rings (SSSR count). The summed E-state index contributed by atoms with van der Waals surface area (Å²) >= 11 is 0. The maximum absolute atomic E-state index is 9.38. The summed E-state index contributed by atoms with van der Waals surface area (Å²) < 4.78 is 0. The van der Waals surface area contributed by atoms with E-state index in [-0.39, 0.29) is 0 Å². The maximum atomic E-state index is 9.38. The Morgan fingerprint density at radius 2 is 1.47 bits per heavy atom. The predicted octanol–water partition coefficient (Wildman–Crippen LogP) is 4.70. The molecule has 0 aliphatic heterocycles. The van der Waals surface area contributed by atoms with Crippen molar-refractivity contribution in [1.82, 2.24) is 0 Å². The molecular formula is C18H16O. The SMILES string of the molecule is CC(c1ccc(O)cc1)c1cccc2ccccc12. The van der Waals surface area contributed by atoms with Crippen LogP contribution in [0, 0.1) is 0 Å². The third-order valence-electron chi connectivity index (χ3n) is 3.68. The zero-order valence-corrected chi connectivity index (χ0v) is 10.9. The summed E-state index contributed by atoms with van der Waals surface area (Å²) in [5.41, 5.74) is 2.54. The van der Waals surface area contributed by atoms with Gasteiger partial charge in [-0.3, -0.25) is 0 Å². The van der Waals surface area contributed by atoms with Crippen molar-refractivity contribution in [1.29, 1.82) is 0 Å². The molecule has 1 heteroatoms. The molecule has 0 aliphatic rings. The van der Waals surface area contributed by atoms with Crippen LogP contribution in [0.3, 0.4) is 0 Å². The second-order valence-corrected chi connectivity index (χ2v) is 4.88. The molecule has 1 atom stereocenters. The molecule has 0 radical (unpaired) electrons. The van der Waals surface area contributed by atoms with E-state index in [1.807, 2.05) is 12.1 Å². The monoisotopic (exact) mass is 248 g/mol. The fourth-order valence-electron chi connectivity index (χ4n) is 2.57. The highest BCUT2D eigenvalue weighted by Crippen LogP contribution is 2.30. The van der Waals surface area contributed by atoms with Crippen LogP contribution in [-0.2, 0) is 0 Å². The second kappa shape index (κ2) is 4.77. The van der Waals surface area contributed by atoms with Crippen molar-refractivity contribution >= 4 is 10.8 Å². The van der Waals surface area contributed by atoms with Crippen LogP contribution in [0.15, 0.2) is 66.7 Å². The van der Waals surface area contributed by atoms with E-state index in [0.717, 1.165) is 0 Å². The van der Waals surface area contributed by atoms with Crippen LogP contribution < -0.4 is 0 Å². The first-order valence-electron chi connectivity index (χ1n) is 6.52. The highest BCUT2D eigenvalue weighted by atomic mass is 16.3. The van der Waals surface area contributed by atoms with E-state index in [1.165, 1.54) is 21.9 Å². The topological polar surface area (TPSA) is 20.2 Å². The molecule has 1 N–H and O–H groups in total. The quantitative estimate of drug-likeness (QED) is 0.697. The minimum atomic E-state index is 0.312. The van der Waals surface area contributed by atoms with Gasteiger partial charge >= 0.3 is 0 Å². The molecule has 3 aromatic carbocycles. The largest absolute Gasteiger partial charge is 0.508 e. The van der Waals surface area contributed by atoms with Gasteiger partial charge in [-0.15, -0.1) is 0 Å². The number of aromatic hydroxyl groups is 1. The molecule has 3 aromatic rings. The van der Waals surface area contributed by atoms with Gasteiger partial charge in [0.15, 0.2) is 0 Å². The molecule has 1 unspecified atom stereocenters. The van der Waals surface area contributed by atoms with Crippen LogP contribution in [0.1, 0.15) is 24.0 Å². The van der Waals surface area contributed by atoms with E-state index in [4.69, 9.17) is 0 Å². The van der Waals surface area contributed by atoms with E-state index in [1.54, 1.807) is 12.1 Å². The molecule has 0 aliphatic carbocycles. The Kier molecular flexibility index (Phi) is 2.96. The zero-order chi connectivity index (χ0) is 13.2. The Balaban J connectivity index is 2.11. The highest BCUT2D eigenvalue weighted by Gasteiger charge is 2.11. The molecule has 0 fully saturated rings. The predicted molar refractivity (Wildman–Crippen MR) is 79.6 cm³/mol. The van der Waals surface area contributed by atoms with Crippen LogP contribution in [-0.4, -0.2) is 5.11 Å². The Morgan fingerprint density at radius 1 is 0.789 bits per heavy atom. The maximum Gasteiger partial charge on any atom is 0.115 e. The first-order chi connectivity index (χ1) is 9.25.